The standard InChI is InChI=1S/C18H22N4O/c1-13-9-14-5-3-4-6-16(14)22(13)18(23)11-21-8-7-17-15(10-21)19-12-20(17)2/h3-6,12-13H,7-11H2,1-2H3/t13-/m1/s1. The lowest BCUT2D eigenvalue weighted by molar-refractivity contribution is -0.120. The number of aryl methyl sites for hydroxylation is 1. The van der Waals surface area contributed by atoms with Gasteiger partial charge >= 0.3 is 0 Å². The Morgan fingerprint density at radius 2 is 2.17 bits per heavy atom. The number of hydrogen-bond acceptors (Lipinski definition) is 3. The fraction of sp³-hybridized carbons (Fsp3) is 0.444. The number of benzene rings is 1. The predicted octanol–water partition coefficient (Wildman–Crippen LogP) is 1.76. The Morgan fingerprint density at radius 1 is 1.35 bits per heavy atom. The van der Waals surface area contributed by atoms with Gasteiger partial charge in [0.1, 0.15) is 0 Å². The van der Waals surface area contributed by atoms with E-state index in [9.17, 15) is 4.79 Å². The molecule has 2 aliphatic rings. The van der Waals surface area contributed by atoms with Gasteiger partial charge in [-0.15, -0.1) is 0 Å². The van der Waals surface area contributed by atoms with Crippen molar-refractivity contribution < 1.29 is 4.79 Å². The third-order valence-electron chi connectivity index (χ3n) is 5.02. The molecular weight excluding hydrogens is 288 g/mol. The summed E-state index contributed by atoms with van der Waals surface area (Å²) in [4.78, 5) is 21.5. The van der Waals surface area contributed by atoms with Gasteiger partial charge in [0.05, 0.1) is 18.6 Å². The molecule has 0 radical (unpaired) electrons. The first-order chi connectivity index (χ1) is 11.1. The first-order valence-corrected chi connectivity index (χ1v) is 8.25. The van der Waals surface area contributed by atoms with E-state index < -0.39 is 0 Å². The number of carbonyl (C=O) groups excluding carboxylic acids is 1. The van der Waals surface area contributed by atoms with Crippen LogP contribution in [0.3, 0.4) is 0 Å². The van der Waals surface area contributed by atoms with E-state index >= 15 is 0 Å². The molecule has 0 saturated heterocycles. The molecule has 0 bridgehead atoms. The highest BCUT2D eigenvalue weighted by Gasteiger charge is 2.32. The van der Waals surface area contributed by atoms with Gasteiger partial charge in [-0.2, -0.15) is 0 Å². The van der Waals surface area contributed by atoms with E-state index in [1.807, 2.05) is 30.4 Å². The summed E-state index contributed by atoms with van der Waals surface area (Å²) in [5.74, 6) is 0.196. The summed E-state index contributed by atoms with van der Waals surface area (Å²) >= 11 is 0. The van der Waals surface area contributed by atoms with Gasteiger partial charge in [-0.3, -0.25) is 9.69 Å². The molecule has 1 atom stereocenters. The SMILES string of the molecule is C[C@@H]1Cc2ccccc2N1C(=O)CN1CCc2c(ncn2C)C1. The molecule has 4 rings (SSSR count). The topological polar surface area (TPSA) is 41.4 Å². The average molecular weight is 310 g/mol. The van der Waals surface area contributed by atoms with Gasteiger partial charge in [-0.25, -0.2) is 4.98 Å². The van der Waals surface area contributed by atoms with Crippen LogP contribution in [0.15, 0.2) is 30.6 Å². The molecule has 0 fully saturated rings. The molecule has 2 aromatic rings. The second kappa shape index (κ2) is 5.49. The largest absolute Gasteiger partial charge is 0.337 e. The van der Waals surface area contributed by atoms with Crippen LogP contribution >= 0.6 is 0 Å². The van der Waals surface area contributed by atoms with Gasteiger partial charge in [-0.1, -0.05) is 18.2 Å². The second-order valence-electron chi connectivity index (χ2n) is 6.66. The number of carbonyl (C=O) groups is 1. The molecule has 5 nitrogen and oxygen atoms in total. The molecule has 2 aliphatic heterocycles. The lowest BCUT2D eigenvalue weighted by Crippen LogP contribution is -2.44. The smallest absolute Gasteiger partial charge is 0.241 e. The minimum Gasteiger partial charge on any atom is -0.337 e. The first-order valence-electron chi connectivity index (χ1n) is 8.25. The second-order valence-corrected chi connectivity index (χ2v) is 6.66. The molecule has 1 amide bonds. The minimum atomic E-state index is 0.196. The summed E-state index contributed by atoms with van der Waals surface area (Å²) in [6.07, 6.45) is 3.78. The first kappa shape index (κ1) is 14.5. The van der Waals surface area contributed by atoms with Crippen LogP contribution < -0.4 is 4.90 Å². The molecule has 0 N–H and O–H groups in total. The summed E-state index contributed by atoms with van der Waals surface area (Å²) in [5.41, 5.74) is 4.77. The third-order valence-corrected chi connectivity index (χ3v) is 5.02. The highest BCUT2D eigenvalue weighted by atomic mass is 16.2. The van der Waals surface area contributed by atoms with Crippen molar-refractivity contribution in [2.75, 3.05) is 18.0 Å². The van der Waals surface area contributed by atoms with Crippen molar-refractivity contribution in [3.05, 3.63) is 47.5 Å². The number of nitrogens with zero attached hydrogens (tertiary/aromatic N) is 4. The summed E-state index contributed by atoms with van der Waals surface area (Å²) in [7, 11) is 2.04. The molecule has 0 saturated carbocycles. The van der Waals surface area contributed by atoms with E-state index in [1.165, 1.54) is 11.3 Å². The Labute approximate surface area is 136 Å². The Balaban J connectivity index is 1.49. The molecule has 5 heteroatoms. The molecule has 0 spiro atoms. The third kappa shape index (κ3) is 2.45. The van der Waals surface area contributed by atoms with Crippen molar-refractivity contribution >= 4 is 11.6 Å². The van der Waals surface area contributed by atoms with Crippen LogP contribution in [0.5, 0.6) is 0 Å². The molecule has 1 aromatic carbocycles. The fourth-order valence-corrected chi connectivity index (χ4v) is 3.86. The maximum absolute atomic E-state index is 12.9. The number of para-hydroxylation sites is 1. The number of rotatable bonds is 2. The highest BCUT2D eigenvalue weighted by Crippen LogP contribution is 2.32. The van der Waals surface area contributed by atoms with Crippen LogP contribution in [0.2, 0.25) is 0 Å². The minimum absolute atomic E-state index is 0.196. The molecule has 1 aromatic heterocycles. The van der Waals surface area contributed by atoms with E-state index in [-0.39, 0.29) is 11.9 Å². The van der Waals surface area contributed by atoms with Crippen molar-refractivity contribution in [1.29, 1.82) is 0 Å². The number of fused-ring (bicyclic) bond motifs is 2. The number of amides is 1. The summed E-state index contributed by atoms with van der Waals surface area (Å²) < 4.78 is 2.09. The van der Waals surface area contributed by atoms with E-state index in [0.29, 0.717) is 6.54 Å². The number of imidazole rings is 1. The van der Waals surface area contributed by atoms with Gasteiger partial charge in [0.15, 0.2) is 0 Å². The highest BCUT2D eigenvalue weighted by molar-refractivity contribution is 5.97. The van der Waals surface area contributed by atoms with Crippen molar-refractivity contribution in [3.8, 4) is 0 Å². The molecule has 0 aliphatic carbocycles. The van der Waals surface area contributed by atoms with E-state index in [4.69, 9.17) is 0 Å². The lowest BCUT2D eigenvalue weighted by Gasteiger charge is -2.29. The summed E-state index contributed by atoms with van der Waals surface area (Å²) in [6.45, 7) is 4.29. The van der Waals surface area contributed by atoms with Crippen LogP contribution in [0.1, 0.15) is 23.9 Å². The maximum Gasteiger partial charge on any atom is 0.241 e. The van der Waals surface area contributed by atoms with Gasteiger partial charge in [0.25, 0.3) is 0 Å². The number of hydrogen-bond donors (Lipinski definition) is 0. The normalized spacial score (nSPS) is 20.4. The summed E-state index contributed by atoms with van der Waals surface area (Å²) in [5, 5.41) is 0. The Kier molecular flexibility index (Phi) is 3.45. The van der Waals surface area contributed by atoms with Crippen molar-refractivity contribution in [3.63, 3.8) is 0 Å². The van der Waals surface area contributed by atoms with E-state index in [1.54, 1.807) is 0 Å². The molecule has 3 heterocycles. The maximum atomic E-state index is 12.9. The van der Waals surface area contributed by atoms with Crippen molar-refractivity contribution in [2.45, 2.75) is 32.4 Å². The van der Waals surface area contributed by atoms with Crippen LogP contribution in [0.25, 0.3) is 0 Å². The Bertz CT molecular complexity index is 751. The zero-order valence-corrected chi connectivity index (χ0v) is 13.7. The fourth-order valence-electron chi connectivity index (χ4n) is 3.86. The monoisotopic (exact) mass is 310 g/mol. The molecule has 120 valence electrons. The predicted molar refractivity (Wildman–Crippen MR) is 89.3 cm³/mol. The van der Waals surface area contributed by atoms with Crippen molar-refractivity contribution in [2.24, 2.45) is 7.05 Å². The van der Waals surface area contributed by atoms with Crippen molar-refractivity contribution in [1.82, 2.24) is 14.5 Å². The van der Waals surface area contributed by atoms with Crippen LogP contribution in [0.4, 0.5) is 5.69 Å². The van der Waals surface area contributed by atoms with Gasteiger partial charge in [0.2, 0.25) is 5.91 Å². The van der Waals surface area contributed by atoms with Crippen LogP contribution in [-0.2, 0) is 31.2 Å². The quantitative estimate of drug-likeness (QED) is 0.849. The molecular formula is C18H22N4O. The van der Waals surface area contributed by atoms with E-state index in [2.05, 4.69) is 33.5 Å². The van der Waals surface area contributed by atoms with E-state index in [0.717, 1.165) is 37.3 Å². The van der Waals surface area contributed by atoms with Crippen LogP contribution in [-0.4, -0.2) is 39.5 Å². The molecule has 23 heavy (non-hydrogen) atoms. The van der Waals surface area contributed by atoms with Gasteiger partial charge in [-0.05, 0) is 25.0 Å². The van der Waals surface area contributed by atoms with Gasteiger partial charge < -0.3 is 9.47 Å². The van der Waals surface area contributed by atoms with Crippen LogP contribution in [0, 0.1) is 0 Å². The lowest BCUT2D eigenvalue weighted by atomic mass is 10.1. The average Bonchev–Trinajstić information content (AvgIpc) is 3.06. The van der Waals surface area contributed by atoms with Gasteiger partial charge in [0, 0.05) is 44.0 Å². The Morgan fingerprint density at radius 3 is 3.04 bits per heavy atom. The zero-order chi connectivity index (χ0) is 16.0. The number of anilines is 1. The molecule has 0 unspecified atom stereocenters. The zero-order valence-electron chi connectivity index (χ0n) is 13.7. The summed E-state index contributed by atoms with van der Waals surface area (Å²) in [6, 6.07) is 8.49. The Hall–Kier alpha value is -2.14. The number of aromatic nitrogens is 2.